The van der Waals surface area contributed by atoms with E-state index in [2.05, 4.69) is 17.2 Å². The van der Waals surface area contributed by atoms with Crippen LogP contribution in [0, 0.1) is 0 Å². The molecule has 0 aliphatic heterocycles. The molecular formula is C26H54N4O. The number of nitrogens with zero attached hydrogens (tertiary/aromatic N) is 1. The van der Waals surface area contributed by atoms with Crippen molar-refractivity contribution < 1.29 is 4.79 Å². The third-order valence-electron chi connectivity index (χ3n) is 6.05. The second kappa shape index (κ2) is 25.0. The predicted octanol–water partition coefficient (Wildman–Crippen LogP) is 7.57. The molecular weight excluding hydrogens is 384 g/mol. The Hall–Kier alpha value is -1.26. The van der Waals surface area contributed by atoms with Crippen LogP contribution in [0.2, 0.25) is 0 Å². The zero-order valence-corrected chi connectivity index (χ0v) is 20.8. The molecule has 5 heteroatoms. The van der Waals surface area contributed by atoms with Gasteiger partial charge in [0.1, 0.15) is 0 Å². The van der Waals surface area contributed by atoms with Gasteiger partial charge in [-0.05, 0) is 6.42 Å². The Labute approximate surface area is 193 Å². The number of hydrogen-bond donors (Lipinski definition) is 3. The molecule has 31 heavy (non-hydrogen) atoms. The lowest BCUT2D eigenvalue weighted by atomic mass is 10.0. The highest BCUT2D eigenvalue weighted by atomic mass is 16.2. The Balaban J connectivity index is 3.10. The van der Waals surface area contributed by atoms with Crippen LogP contribution < -0.4 is 16.8 Å². The van der Waals surface area contributed by atoms with Crippen LogP contribution in [-0.4, -0.2) is 18.5 Å². The van der Waals surface area contributed by atoms with Gasteiger partial charge in [-0.15, -0.1) is 0 Å². The van der Waals surface area contributed by atoms with Crippen LogP contribution in [0.15, 0.2) is 4.99 Å². The van der Waals surface area contributed by atoms with Crippen molar-refractivity contribution in [3.63, 3.8) is 0 Å². The van der Waals surface area contributed by atoms with Gasteiger partial charge in [0.25, 0.3) is 0 Å². The van der Waals surface area contributed by atoms with E-state index in [1.165, 1.54) is 135 Å². The lowest BCUT2D eigenvalue weighted by molar-refractivity contribution is 0.253. The van der Waals surface area contributed by atoms with Crippen molar-refractivity contribution in [1.82, 2.24) is 5.32 Å². The number of aliphatic imine (C=N–C) groups is 1. The van der Waals surface area contributed by atoms with E-state index in [1.54, 1.807) is 0 Å². The van der Waals surface area contributed by atoms with Gasteiger partial charge in [0.15, 0.2) is 5.96 Å². The average molecular weight is 439 g/mol. The Morgan fingerprint density at radius 3 is 1.13 bits per heavy atom. The van der Waals surface area contributed by atoms with E-state index in [0.717, 1.165) is 6.42 Å². The molecule has 0 bridgehead atoms. The zero-order chi connectivity index (χ0) is 22.8. The Kier molecular flexibility index (Phi) is 24.0. The number of carbonyl (C=O) groups is 1. The molecule has 0 rings (SSSR count). The van der Waals surface area contributed by atoms with Crippen LogP contribution >= 0.6 is 0 Å². The molecule has 0 atom stereocenters. The molecule has 5 N–H and O–H groups in total. The number of hydrogen-bond acceptors (Lipinski definition) is 2. The summed E-state index contributed by atoms with van der Waals surface area (Å²) in [5.41, 5.74) is 10.5. The Morgan fingerprint density at radius 2 is 0.839 bits per heavy atom. The van der Waals surface area contributed by atoms with Gasteiger partial charge in [-0.3, -0.25) is 10.3 Å². The summed E-state index contributed by atoms with van der Waals surface area (Å²) in [5, 5.41) is 2.27. The molecule has 0 aromatic carbocycles. The highest BCUT2D eigenvalue weighted by Crippen LogP contribution is 2.15. The minimum atomic E-state index is -0.657. The topological polar surface area (TPSA) is 93.5 Å². The van der Waals surface area contributed by atoms with Crippen molar-refractivity contribution in [2.24, 2.45) is 16.5 Å². The first-order valence-electron chi connectivity index (χ1n) is 13.5. The number of guanidine groups is 1. The highest BCUT2D eigenvalue weighted by Gasteiger charge is 1.97. The average Bonchev–Trinajstić information content (AvgIpc) is 2.73. The SMILES string of the molecule is CCCCCCCCCCCCCCCCCCCCCCCCN=C(N)NC(N)=O. The van der Waals surface area contributed by atoms with Crippen LogP contribution in [0.25, 0.3) is 0 Å². The van der Waals surface area contributed by atoms with E-state index in [1.807, 2.05) is 0 Å². The van der Waals surface area contributed by atoms with Gasteiger partial charge < -0.3 is 11.5 Å². The van der Waals surface area contributed by atoms with Crippen LogP contribution in [0.5, 0.6) is 0 Å². The Morgan fingerprint density at radius 1 is 0.548 bits per heavy atom. The van der Waals surface area contributed by atoms with E-state index in [0.29, 0.717) is 6.54 Å². The first kappa shape index (κ1) is 29.7. The number of nitrogens with two attached hydrogens (primary N) is 2. The van der Waals surface area contributed by atoms with Crippen LogP contribution in [0.1, 0.15) is 148 Å². The van der Waals surface area contributed by atoms with Crippen molar-refractivity contribution in [3.8, 4) is 0 Å². The van der Waals surface area contributed by atoms with Gasteiger partial charge >= 0.3 is 6.03 Å². The number of nitrogens with one attached hydrogen (secondary N) is 1. The summed E-state index contributed by atoms with van der Waals surface area (Å²) < 4.78 is 0. The van der Waals surface area contributed by atoms with E-state index in [4.69, 9.17) is 11.5 Å². The summed E-state index contributed by atoms with van der Waals surface area (Å²) in [6.45, 7) is 2.95. The number of carbonyl (C=O) groups excluding carboxylic acids is 1. The number of amides is 2. The predicted molar refractivity (Wildman–Crippen MR) is 136 cm³/mol. The van der Waals surface area contributed by atoms with Crippen LogP contribution in [0.3, 0.4) is 0 Å². The van der Waals surface area contributed by atoms with Crippen LogP contribution in [0.4, 0.5) is 4.79 Å². The molecule has 0 aromatic rings. The molecule has 5 nitrogen and oxygen atoms in total. The van der Waals surface area contributed by atoms with Crippen molar-refractivity contribution in [2.75, 3.05) is 6.54 Å². The maximum Gasteiger partial charge on any atom is 0.318 e. The largest absolute Gasteiger partial charge is 0.370 e. The fourth-order valence-electron chi connectivity index (χ4n) is 4.09. The highest BCUT2D eigenvalue weighted by molar-refractivity contribution is 5.94. The summed E-state index contributed by atoms with van der Waals surface area (Å²) in [4.78, 5) is 14.7. The molecule has 0 saturated carbocycles. The summed E-state index contributed by atoms with van der Waals surface area (Å²) in [5.74, 6) is 0.121. The van der Waals surface area contributed by atoms with Gasteiger partial charge in [0, 0.05) is 6.54 Å². The Bertz CT molecular complexity index is 412. The summed E-state index contributed by atoms with van der Waals surface area (Å²) >= 11 is 0. The third kappa shape index (κ3) is 26.7. The molecule has 0 heterocycles. The molecule has 0 unspecified atom stereocenters. The van der Waals surface area contributed by atoms with Crippen molar-refractivity contribution in [1.29, 1.82) is 0 Å². The van der Waals surface area contributed by atoms with E-state index >= 15 is 0 Å². The lowest BCUT2D eigenvalue weighted by Crippen LogP contribution is -2.40. The second-order valence-corrected chi connectivity index (χ2v) is 9.18. The van der Waals surface area contributed by atoms with Gasteiger partial charge in [-0.2, -0.15) is 0 Å². The van der Waals surface area contributed by atoms with Gasteiger partial charge in [0.2, 0.25) is 0 Å². The first-order valence-corrected chi connectivity index (χ1v) is 13.5. The molecule has 0 radical (unpaired) electrons. The smallest absolute Gasteiger partial charge is 0.318 e. The molecule has 0 aromatic heterocycles. The van der Waals surface area contributed by atoms with Gasteiger partial charge in [-0.25, -0.2) is 4.79 Å². The third-order valence-corrected chi connectivity index (χ3v) is 6.05. The molecule has 0 fully saturated rings. The molecule has 0 spiro atoms. The van der Waals surface area contributed by atoms with Gasteiger partial charge in [-0.1, -0.05) is 142 Å². The fourth-order valence-corrected chi connectivity index (χ4v) is 4.09. The summed E-state index contributed by atoms with van der Waals surface area (Å²) in [7, 11) is 0. The number of rotatable bonds is 23. The minimum Gasteiger partial charge on any atom is -0.370 e. The van der Waals surface area contributed by atoms with Crippen molar-refractivity contribution in [2.45, 2.75) is 148 Å². The fraction of sp³-hybridized carbons (Fsp3) is 0.923. The summed E-state index contributed by atoms with van der Waals surface area (Å²) in [6, 6.07) is -0.657. The zero-order valence-electron chi connectivity index (χ0n) is 20.8. The van der Waals surface area contributed by atoms with E-state index in [9.17, 15) is 4.79 Å². The lowest BCUT2D eigenvalue weighted by Gasteiger charge is -2.04. The maximum atomic E-state index is 10.6. The summed E-state index contributed by atoms with van der Waals surface area (Å²) in [6.07, 6.45) is 30.5. The monoisotopic (exact) mass is 438 g/mol. The second-order valence-electron chi connectivity index (χ2n) is 9.18. The normalized spacial score (nSPS) is 11.7. The number of urea groups is 1. The van der Waals surface area contributed by atoms with Gasteiger partial charge in [0.05, 0.1) is 0 Å². The van der Waals surface area contributed by atoms with Crippen molar-refractivity contribution >= 4 is 12.0 Å². The standard InChI is InChI=1S/C26H54N4O/c1-2-3-4-5-6-7-8-9-10-11-12-13-14-15-16-17-18-19-20-21-22-23-24-29-25(27)30-26(28)31/h2-24H2,1H3,(H5,27,28,29,30,31). The first-order chi connectivity index (χ1) is 15.2. The minimum absolute atomic E-state index is 0.121. The molecule has 0 aliphatic carbocycles. The van der Waals surface area contributed by atoms with E-state index < -0.39 is 6.03 Å². The van der Waals surface area contributed by atoms with Crippen molar-refractivity contribution in [3.05, 3.63) is 0 Å². The van der Waals surface area contributed by atoms with E-state index in [-0.39, 0.29) is 5.96 Å². The number of primary amides is 1. The maximum absolute atomic E-state index is 10.6. The molecule has 2 amide bonds. The number of unbranched alkanes of at least 4 members (excludes halogenated alkanes) is 21. The molecule has 0 saturated heterocycles. The van der Waals surface area contributed by atoms with Crippen LogP contribution in [-0.2, 0) is 0 Å². The molecule has 0 aliphatic rings. The molecule has 184 valence electrons. The quantitative estimate of drug-likeness (QED) is 0.0871.